The van der Waals surface area contributed by atoms with Crippen molar-refractivity contribution in [1.82, 2.24) is 4.98 Å². The molecule has 0 saturated heterocycles. The van der Waals surface area contributed by atoms with Crippen LogP contribution in [0.5, 0.6) is 0 Å². The Balaban J connectivity index is 1.92. The fourth-order valence-electron chi connectivity index (χ4n) is 1.74. The number of benzene rings is 1. The van der Waals surface area contributed by atoms with Gasteiger partial charge in [-0.05, 0) is 43.2 Å². The van der Waals surface area contributed by atoms with Gasteiger partial charge in [0.15, 0.2) is 0 Å². The molecule has 0 aliphatic carbocycles. The molecular formula is C15H17N3O. The van der Waals surface area contributed by atoms with Gasteiger partial charge in [-0.1, -0.05) is 12.1 Å². The summed E-state index contributed by atoms with van der Waals surface area (Å²) in [5.41, 5.74) is 3.98. The normalized spacial score (nSPS) is 10.0. The van der Waals surface area contributed by atoms with Crippen LogP contribution >= 0.6 is 0 Å². The number of hydrogen-bond donors (Lipinski definition) is 2. The Labute approximate surface area is 112 Å². The molecule has 0 saturated carbocycles. The lowest BCUT2D eigenvalue weighted by Gasteiger charge is -2.10. The molecule has 0 aliphatic heterocycles. The molecule has 1 amide bonds. The highest BCUT2D eigenvalue weighted by atomic mass is 16.1. The number of carbonyl (C=O) groups excluding carboxylic acids is 1. The summed E-state index contributed by atoms with van der Waals surface area (Å²) >= 11 is 0. The quantitative estimate of drug-likeness (QED) is 0.883. The monoisotopic (exact) mass is 255 g/mol. The third-order valence-corrected chi connectivity index (χ3v) is 2.78. The summed E-state index contributed by atoms with van der Waals surface area (Å²) in [4.78, 5) is 15.7. The number of rotatable bonds is 4. The molecule has 0 bridgehead atoms. The fourth-order valence-corrected chi connectivity index (χ4v) is 1.74. The fraction of sp³-hybridized carbons (Fsp3) is 0.200. The van der Waals surface area contributed by atoms with E-state index in [9.17, 15) is 4.79 Å². The van der Waals surface area contributed by atoms with Crippen molar-refractivity contribution in [2.75, 3.05) is 17.2 Å². The second-order valence-electron chi connectivity index (χ2n) is 4.46. The van der Waals surface area contributed by atoms with Gasteiger partial charge in [-0.15, -0.1) is 0 Å². The number of nitrogens with zero attached hydrogens (tertiary/aromatic N) is 1. The minimum absolute atomic E-state index is 0.0890. The summed E-state index contributed by atoms with van der Waals surface area (Å²) in [6, 6.07) is 9.72. The van der Waals surface area contributed by atoms with E-state index in [1.54, 1.807) is 18.5 Å². The Morgan fingerprint density at radius 1 is 1.26 bits per heavy atom. The van der Waals surface area contributed by atoms with Gasteiger partial charge in [0.2, 0.25) is 5.91 Å². The van der Waals surface area contributed by atoms with Crippen LogP contribution in [0.1, 0.15) is 11.1 Å². The smallest absolute Gasteiger partial charge is 0.243 e. The van der Waals surface area contributed by atoms with E-state index in [-0.39, 0.29) is 12.5 Å². The first-order chi connectivity index (χ1) is 9.15. The third-order valence-electron chi connectivity index (χ3n) is 2.78. The average molecular weight is 255 g/mol. The standard InChI is InChI=1S/C15H17N3O/c1-11-5-6-12(2)14(8-11)17-10-15(19)18-13-4-3-7-16-9-13/h3-9,17H,10H2,1-2H3,(H,18,19). The summed E-state index contributed by atoms with van der Waals surface area (Å²) < 4.78 is 0. The van der Waals surface area contributed by atoms with E-state index in [1.165, 1.54) is 5.56 Å². The van der Waals surface area contributed by atoms with E-state index < -0.39 is 0 Å². The highest BCUT2D eigenvalue weighted by Gasteiger charge is 2.03. The zero-order valence-corrected chi connectivity index (χ0v) is 11.1. The molecule has 0 fully saturated rings. The van der Waals surface area contributed by atoms with Crippen molar-refractivity contribution < 1.29 is 4.79 Å². The highest BCUT2D eigenvalue weighted by molar-refractivity contribution is 5.93. The molecule has 2 rings (SSSR count). The first-order valence-electron chi connectivity index (χ1n) is 6.16. The molecule has 98 valence electrons. The molecule has 2 N–H and O–H groups in total. The van der Waals surface area contributed by atoms with Gasteiger partial charge in [-0.3, -0.25) is 9.78 Å². The van der Waals surface area contributed by atoms with Crippen molar-refractivity contribution in [2.45, 2.75) is 13.8 Å². The maximum Gasteiger partial charge on any atom is 0.243 e. The maximum absolute atomic E-state index is 11.8. The Bertz CT molecular complexity index is 567. The molecule has 4 heteroatoms. The predicted molar refractivity (Wildman–Crippen MR) is 77.3 cm³/mol. The molecule has 0 atom stereocenters. The first-order valence-corrected chi connectivity index (χ1v) is 6.16. The molecule has 0 unspecified atom stereocenters. The van der Waals surface area contributed by atoms with Crippen LogP contribution in [0.15, 0.2) is 42.7 Å². The number of carbonyl (C=O) groups is 1. The van der Waals surface area contributed by atoms with Gasteiger partial charge >= 0.3 is 0 Å². The molecule has 1 heterocycles. The van der Waals surface area contributed by atoms with Gasteiger partial charge in [0.05, 0.1) is 18.4 Å². The van der Waals surface area contributed by atoms with Gasteiger partial charge in [0.1, 0.15) is 0 Å². The van der Waals surface area contributed by atoms with Crippen LogP contribution in [-0.2, 0) is 4.79 Å². The van der Waals surface area contributed by atoms with Crippen LogP contribution in [0.2, 0.25) is 0 Å². The number of nitrogens with one attached hydrogen (secondary N) is 2. The van der Waals surface area contributed by atoms with E-state index in [0.717, 1.165) is 11.3 Å². The number of anilines is 2. The van der Waals surface area contributed by atoms with Crippen molar-refractivity contribution in [1.29, 1.82) is 0 Å². The molecular weight excluding hydrogens is 238 g/mol. The molecule has 19 heavy (non-hydrogen) atoms. The molecule has 0 radical (unpaired) electrons. The van der Waals surface area contributed by atoms with Crippen molar-refractivity contribution >= 4 is 17.3 Å². The number of aromatic nitrogens is 1. The molecule has 0 spiro atoms. The first kappa shape index (κ1) is 13.1. The summed E-state index contributed by atoms with van der Waals surface area (Å²) in [6.45, 7) is 4.28. The summed E-state index contributed by atoms with van der Waals surface area (Å²) in [6.07, 6.45) is 3.29. The number of amides is 1. The highest BCUT2D eigenvalue weighted by Crippen LogP contribution is 2.15. The largest absolute Gasteiger partial charge is 0.376 e. The Morgan fingerprint density at radius 2 is 2.11 bits per heavy atom. The van der Waals surface area contributed by atoms with E-state index in [2.05, 4.69) is 21.7 Å². The van der Waals surface area contributed by atoms with Crippen molar-refractivity contribution in [3.05, 3.63) is 53.9 Å². The molecule has 0 aliphatic rings. The van der Waals surface area contributed by atoms with Crippen molar-refractivity contribution in [3.8, 4) is 0 Å². The second kappa shape index (κ2) is 6.00. The Morgan fingerprint density at radius 3 is 2.84 bits per heavy atom. The number of aryl methyl sites for hydroxylation is 2. The van der Waals surface area contributed by atoms with Crippen molar-refractivity contribution in [2.24, 2.45) is 0 Å². The zero-order valence-electron chi connectivity index (χ0n) is 11.1. The van der Waals surface area contributed by atoms with Crippen LogP contribution in [0.3, 0.4) is 0 Å². The SMILES string of the molecule is Cc1ccc(C)c(NCC(=O)Nc2cccnc2)c1. The van der Waals surface area contributed by atoms with E-state index in [0.29, 0.717) is 5.69 Å². The molecule has 1 aromatic carbocycles. The van der Waals surface area contributed by atoms with Crippen molar-refractivity contribution in [3.63, 3.8) is 0 Å². The predicted octanol–water partition coefficient (Wildman–Crippen LogP) is 2.75. The molecule has 4 nitrogen and oxygen atoms in total. The lowest BCUT2D eigenvalue weighted by atomic mass is 10.1. The van der Waals surface area contributed by atoms with Gasteiger partial charge < -0.3 is 10.6 Å². The molecule has 1 aromatic heterocycles. The topological polar surface area (TPSA) is 54.0 Å². The second-order valence-corrected chi connectivity index (χ2v) is 4.46. The number of pyridine rings is 1. The van der Waals surface area contributed by atoms with E-state index >= 15 is 0 Å². The lowest BCUT2D eigenvalue weighted by molar-refractivity contribution is -0.114. The summed E-state index contributed by atoms with van der Waals surface area (Å²) in [5.74, 6) is -0.0890. The summed E-state index contributed by atoms with van der Waals surface area (Å²) in [7, 11) is 0. The van der Waals surface area contributed by atoms with Gasteiger partial charge in [-0.2, -0.15) is 0 Å². The van der Waals surface area contributed by atoms with Crippen LogP contribution in [0, 0.1) is 13.8 Å². The minimum atomic E-state index is -0.0890. The molecule has 2 aromatic rings. The summed E-state index contributed by atoms with van der Waals surface area (Å²) in [5, 5.41) is 5.92. The van der Waals surface area contributed by atoms with Crippen LogP contribution in [-0.4, -0.2) is 17.4 Å². The third kappa shape index (κ3) is 3.81. The number of hydrogen-bond acceptors (Lipinski definition) is 3. The van der Waals surface area contributed by atoms with Gasteiger partial charge in [0, 0.05) is 11.9 Å². The lowest BCUT2D eigenvalue weighted by Crippen LogP contribution is -2.22. The van der Waals surface area contributed by atoms with E-state index in [1.807, 2.05) is 32.0 Å². The maximum atomic E-state index is 11.8. The van der Waals surface area contributed by atoms with Crippen LogP contribution < -0.4 is 10.6 Å². The Kier molecular flexibility index (Phi) is 4.13. The van der Waals surface area contributed by atoms with E-state index in [4.69, 9.17) is 0 Å². The van der Waals surface area contributed by atoms with Gasteiger partial charge in [0.25, 0.3) is 0 Å². The minimum Gasteiger partial charge on any atom is -0.376 e. The average Bonchev–Trinajstić information content (AvgIpc) is 2.41. The van der Waals surface area contributed by atoms with Crippen LogP contribution in [0.25, 0.3) is 0 Å². The zero-order chi connectivity index (χ0) is 13.7. The van der Waals surface area contributed by atoms with Crippen LogP contribution in [0.4, 0.5) is 11.4 Å². The van der Waals surface area contributed by atoms with Gasteiger partial charge in [-0.25, -0.2) is 0 Å². The Hall–Kier alpha value is -2.36.